The van der Waals surface area contributed by atoms with Crippen LogP contribution in [0.3, 0.4) is 0 Å². The lowest BCUT2D eigenvalue weighted by atomic mass is 9.87. The van der Waals surface area contributed by atoms with Gasteiger partial charge in [-0.1, -0.05) is 105 Å². The van der Waals surface area contributed by atoms with Crippen LogP contribution < -0.4 is 5.43 Å². The molecule has 0 atom stereocenters. The third-order valence-corrected chi connectivity index (χ3v) is 7.25. The van der Waals surface area contributed by atoms with Gasteiger partial charge in [0.25, 0.3) is 5.91 Å². The fraction of sp³-hybridized carbons (Fsp3) is 0.161. The molecule has 0 spiro atoms. The molecule has 0 fully saturated rings. The van der Waals surface area contributed by atoms with Gasteiger partial charge < -0.3 is 5.11 Å². The van der Waals surface area contributed by atoms with E-state index in [0.717, 1.165) is 22.0 Å². The van der Waals surface area contributed by atoms with Crippen LogP contribution in [-0.4, -0.2) is 37.7 Å². The van der Waals surface area contributed by atoms with E-state index < -0.39 is 0 Å². The van der Waals surface area contributed by atoms with Gasteiger partial charge in [-0.2, -0.15) is 5.10 Å². The fourth-order valence-corrected chi connectivity index (χ4v) is 4.97. The molecular weight excluding hydrogens is 506 g/mol. The van der Waals surface area contributed by atoms with Crippen molar-refractivity contribution in [3.63, 3.8) is 0 Å². The molecule has 0 aliphatic heterocycles. The number of para-hydroxylation sites is 1. The van der Waals surface area contributed by atoms with E-state index in [2.05, 4.69) is 65.8 Å². The van der Waals surface area contributed by atoms with Crippen LogP contribution in [-0.2, 0) is 10.2 Å². The van der Waals surface area contributed by atoms with Crippen molar-refractivity contribution in [1.82, 2.24) is 20.2 Å². The predicted molar refractivity (Wildman–Crippen MR) is 158 cm³/mol. The van der Waals surface area contributed by atoms with E-state index in [1.54, 1.807) is 6.07 Å². The average molecular weight is 536 g/mol. The van der Waals surface area contributed by atoms with Gasteiger partial charge in [0, 0.05) is 16.8 Å². The van der Waals surface area contributed by atoms with Crippen LogP contribution in [0.15, 0.2) is 101 Å². The molecule has 2 N–H and O–H groups in total. The summed E-state index contributed by atoms with van der Waals surface area (Å²) in [7, 11) is 0. The number of thioether (sulfide) groups is 1. The average Bonchev–Trinajstić information content (AvgIpc) is 3.37. The molecule has 0 saturated heterocycles. The van der Waals surface area contributed by atoms with Crippen molar-refractivity contribution in [2.45, 2.75) is 31.3 Å². The second-order valence-corrected chi connectivity index (χ2v) is 11.0. The number of hydrogen-bond donors (Lipinski definition) is 2. The van der Waals surface area contributed by atoms with Crippen LogP contribution >= 0.6 is 11.8 Å². The number of carbonyl (C=O) groups excluding carboxylic acids is 1. The quantitative estimate of drug-likeness (QED) is 0.144. The van der Waals surface area contributed by atoms with E-state index in [-0.39, 0.29) is 22.8 Å². The smallest absolute Gasteiger partial charge is 0.250 e. The normalized spacial score (nSPS) is 11.8. The number of benzene rings is 4. The molecule has 196 valence electrons. The molecule has 8 heteroatoms. The molecule has 0 bridgehead atoms. The molecule has 5 rings (SSSR count). The summed E-state index contributed by atoms with van der Waals surface area (Å²) in [5.41, 5.74) is 6.23. The molecule has 0 radical (unpaired) electrons. The number of amides is 1. The number of hydrogen-bond acceptors (Lipinski definition) is 6. The van der Waals surface area contributed by atoms with Gasteiger partial charge in [0.1, 0.15) is 5.75 Å². The molecule has 1 amide bonds. The summed E-state index contributed by atoms with van der Waals surface area (Å²) in [6.07, 6.45) is 1.46. The molecule has 0 aliphatic rings. The Morgan fingerprint density at radius 2 is 1.67 bits per heavy atom. The van der Waals surface area contributed by atoms with E-state index >= 15 is 0 Å². The van der Waals surface area contributed by atoms with Gasteiger partial charge in [0.2, 0.25) is 0 Å². The Labute approximate surface area is 231 Å². The minimum atomic E-state index is -0.297. The first-order valence-electron chi connectivity index (χ1n) is 12.6. The zero-order chi connectivity index (χ0) is 27.4. The number of aromatic hydroxyl groups is 1. The molecule has 1 heterocycles. The van der Waals surface area contributed by atoms with Gasteiger partial charge in [-0.15, -0.1) is 10.2 Å². The third kappa shape index (κ3) is 5.86. The molecule has 39 heavy (non-hydrogen) atoms. The number of phenolic OH excluding ortho intramolecular Hbond substituents is 1. The van der Waals surface area contributed by atoms with E-state index in [0.29, 0.717) is 16.5 Å². The van der Waals surface area contributed by atoms with E-state index in [1.165, 1.54) is 23.5 Å². The predicted octanol–water partition coefficient (Wildman–Crippen LogP) is 6.33. The number of carbonyl (C=O) groups is 1. The first-order chi connectivity index (χ1) is 18.8. The van der Waals surface area contributed by atoms with Gasteiger partial charge in [-0.25, -0.2) is 5.43 Å². The maximum Gasteiger partial charge on any atom is 0.250 e. The summed E-state index contributed by atoms with van der Waals surface area (Å²) in [6, 6.07) is 29.3. The van der Waals surface area contributed by atoms with E-state index in [1.807, 2.05) is 65.2 Å². The molecule has 4 aromatic carbocycles. The summed E-state index contributed by atoms with van der Waals surface area (Å²) in [5.74, 6) is 0.594. The number of nitrogens with one attached hydrogen (secondary N) is 1. The van der Waals surface area contributed by atoms with Gasteiger partial charge in [0.05, 0.1) is 12.0 Å². The Hall–Kier alpha value is -4.43. The molecule has 7 nitrogen and oxygen atoms in total. The lowest BCUT2D eigenvalue weighted by Gasteiger charge is -2.19. The largest absolute Gasteiger partial charge is 0.507 e. The highest BCUT2D eigenvalue weighted by Crippen LogP contribution is 2.30. The van der Waals surface area contributed by atoms with Gasteiger partial charge >= 0.3 is 0 Å². The van der Waals surface area contributed by atoms with Crippen LogP contribution in [0.25, 0.3) is 27.8 Å². The number of nitrogens with zero attached hydrogens (tertiary/aromatic N) is 4. The van der Waals surface area contributed by atoms with Crippen molar-refractivity contribution < 1.29 is 9.90 Å². The minimum absolute atomic E-state index is 0.0504. The van der Waals surface area contributed by atoms with Gasteiger partial charge in [-0.3, -0.25) is 9.36 Å². The molecule has 0 saturated carbocycles. The SMILES string of the molecule is CC(C)(C)c1ccc(-c2nnc(SCC(=O)N/N=C\c3c(O)ccc4ccccc34)n2-c2ccccc2)cc1. The van der Waals surface area contributed by atoms with Crippen molar-refractivity contribution >= 4 is 34.7 Å². The third-order valence-electron chi connectivity index (χ3n) is 6.32. The van der Waals surface area contributed by atoms with Gasteiger partial charge in [0.15, 0.2) is 11.0 Å². The number of rotatable bonds is 7. The monoisotopic (exact) mass is 535 g/mol. The van der Waals surface area contributed by atoms with Crippen molar-refractivity contribution in [2.75, 3.05) is 5.75 Å². The van der Waals surface area contributed by atoms with Crippen molar-refractivity contribution in [3.8, 4) is 22.8 Å². The fourth-order valence-electron chi connectivity index (χ4n) is 4.23. The van der Waals surface area contributed by atoms with E-state index in [4.69, 9.17) is 0 Å². The standard InChI is InChI=1S/C31H29N5O2S/c1-31(2,3)23-16-13-22(14-17-23)29-34-35-30(36(29)24-10-5-4-6-11-24)39-20-28(38)33-32-19-26-25-12-8-7-9-21(25)15-18-27(26)37/h4-19,37H,20H2,1-3H3,(H,33,38)/b32-19-. The zero-order valence-electron chi connectivity index (χ0n) is 22.0. The maximum absolute atomic E-state index is 12.6. The molecule has 5 aromatic rings. The Morgan fingerprint density at radius 1 is 0.949 bits per heavy atom. The molecule has 0 aliphatic carbocycles. The summed E-state index contributed by atoms with van der Waals surface area (Å²) >= 11 is 1.28. The summed E-state index contributed by atoms with van der Waals surface area (Å²) < 4.78 is 1.96. The number of hydrazone groups is 1. The Kier molecular flexibility index (Phi) is 7.47. The van der Waals surface area contributed by atoms with Crippen LogP contribution in [0, 0.1) is 0 Å². The number of aromatic nitrogens is 3. The minimum Gasteiger partial charge on any atom is -0.507 e. The highest BCUT2D eigenvalue weighted by molar-refractivity contribution is 7.99. The molecular formula is C31H29N5O2S. The van der Waals surface area contributed by atoms with Crippen LogP contribution in [0.5, 0.6) is 5.75 Å². The Bertz CT molecular complexity index is 1640. The topological polar surface area (TPSA) is 92.4 Å². The second kappa shape index (κ2) is 11.1. The zero-order valence-corrected chi connectivity index (χ0v) is 22.8. The van der Waals surface area contributed by atoms with E-state index in [9.17, 15) is 9.90 Å². The molecule has 0 unspecified atom stereocenters. The maximum atomic E-state index is 12.6. The van der Waals surface area contributed by atoms with Crippen molar-refractivity contribution in [3.05, 3.63) is 102 Å². The summed E-state index contributed by atoms with van der Waals surface area (Å²) in [4.78, 5) is 12.6. The number of fused-ring (bicyclic) bond motifs is 1. The van der Waals surface area contributed by atoms with Crippen LogP contribution in [0.4, 0.5) is 0 Å². The highest BCUT2D eigenvalue weighted by atomic mass is 32.2. The Morgan fingerprint density at radius 3 is 2.41 bits per heavy atom. The van der Waals surface area contributed by atoms with Gasteiger partial charge in [-0.05, 0) is 39.9 Å². The Balaban J connectivity index is 1.34. The highest BCUT2D eigenvalue weighted by Gasteiger charge is 2.19. The first kappa shape index (κ1) is 26.2. The van der Waals surface area contributed by atoms with Crippen molar-refractivity contribution in [2.24, 2.45) is 5.10 Å². The summed E-state index contributed by atoms with van der Waals surface area (Å²) in [5, 5.41) is 25.7. The van der Waals surface area contributed by atoms with Crippen molar-refractivity contribution in [1.29, 1.82) is 0 Å². The second-order valence-electron chi connectivity index (χ2n) is 10.1. The van der Waals surface area contributed by atoms with Crippen LogP contribution in [0.2, 0.25) is 0 Å². The van der Waals surface area contributed by atoms with Crippen LogP contribution in [0.1, 0.15) is 31.9 Å². The molecule has 1 aromatic heterocycles. The lowest BCUT2D eigenvalue weighted by Crippen LogP contribution is -2.20. The lowest BCUT2D eigenvalue weighted by molar-refractivity contribution is -0.118. The first-order valence-corrected chi connectivity index (χ1v) is 13.6. The summed E-state index contributed by atoms with van der Waals surface area (Å²) in [6.45, 7) is 6.55. The number of phenols is 1.